The number of aromatic nitrogens is 2. The third-order valence-corrected chi connectivity index (χ3v) is 3.98. The summed E-state index contributed by atoms with van der Waals surface area (Å²) in [6, 6.07) is 3.38. The molecule has 1 heterocycles. The van der Waals surface area contributed by atoms with Crippen LogP contribution in [0.1, 0.15) is 5.56 Å². The summed E-state index contributed by atoms with van der Waals surface area (Å²) in [5, 5.41) is 13.4. The first-order valence-corrected chi connectivity index (χ1v) is 6.05. The molecule has 0 aliphatic rings. The van der Waals surface area contributed by atoms with E-state index in [1.807, 2.05) is 6.07 Å². The Balaban J connectivity index is 2.73. The van der Waals surface area contributed by atoms with Crippen LogP contribution < -0.4 is 5.73 Å². The Morgan fingerprint density at radius 1 is 1.17 bits per heavy atom. The second-order valence-corrected chi connectivity index (χ2v) is 4.83. The lowest BCUT2D eigenvalue weighted by Crippen LogP contribution is -2.03. The van der Waals surface area contributed by atoms with Gasteiger partial charge >= 0.3 is 0 Å². The van der Waals surface area contributed by atoms with Crippen molar-refractivity contribution in [2.45, 2.75) is 0 Å². The summed E-state index contributed by atoms with van der Waals surface area (Å²) in [6.45, 7) is 0. The first kappa shape index (κ1) is 13.3. The van der Waals surface area contributed by atoms with E-state index in [4.69, 9.17) is 57.4 Å². The van der Waals surface area contributed by atoms with Gasteiger partial charge in [-0.15, -0.1) is 0 Å². The highest BCUT2D eigenvalue weighted by Crippen LogP contribution is 2.40. The summed E-state index contributed by atoms with van der Waals surface area (Å²) >= 11 is 23.8. The zero-order valence-electron chi connectivity index (χ0n) is 8.59. The number of rotatable bonds is 1. The molecule has 2 aromatic rings. The van der Waals surface area contributed by atoms with E-state index >= 15 is 0 Å². The first-order valence-electron chi connectivity index (χ1n) is 4.54. The summed E-state index contributed by atoms with van der Waals surface area (Å²) in [5.74, 6) is 0.147. The largest absolute Gasteiger partial charge is 0.382 e. The van der Waals surface area contributed by atoms with Crippen molar-refractivity contribution < 1.29 is 0 Å². The van der Waals surface area contributed by atoms with Crippen LogP contribution in [-0.4, -0.2) is 9.78 Å². The zero-order chi connectivity index (χ0) is 13.4. The molecule has 8 heteroatoms. The molecule has 4 nitrogen and oxygen atoms in total. The van der Waals surface area contributed by atoms with Gasteiger partial charge in [0.15, 0.2) is 0 Å². The molecule has 0 spiro atoms. The first-order chi connectivity index (χ1) is 8.47. The van der Waals surface area contributed by atoms with Crippen molar-refractivity contribution in [1.29, 1.82) is 5.26 Å². The Kier molecular flexibility index (Phi) is 3.60. The lowest BCUT2D eigenvalue weighted by Gasteiger charge is -2.10. The highest BCUT2D eigenvalue weighted by atomic mass is 35.5. The van der Waals surface area contributed by atoms with Crippen molar-refractivity contribution in [3.8, 4) is 11.8 Å². The van der Waals surface area contributed by atoms with Gasteiger partial charge in [0.2, 0.25) is 0 Å². The Labute approximate surface area is 122 Å². The van der Waals surface area contributed by atoms with Gasteiger partial charge < -0.3 is 5.73 Å². The Morgan fingerprint density at radius 3 is 2.39 bits per heavy atom. The highest BCUT2D eigenvalue weighted by Gasteiger charge is 2.17. The molecule has 0 fully saturated rings. The Morgan fingerprint density at radius 2 is 1.83 bits per heavy atom. The van der Waals surface area contributed by atoms with Crippen LogP contribution in [0.4, 0.5) is 5.82 Å². The average Bonchev–Trinajstić information content (AvgIpc) is 2.72. The Bertz CT molecular complexity index is 671. The quantitative estimate of drug-likeness (QED) is 0.639. The summed E-state index contributed by atoms with van der Waals surface area (Å²) in [6.07, 6.45) is 1.32. The maximum atomic E-state index is 8.81. The fraction of sp³-hybridized carbons (Fsp3) is 0. The normalized spacial score (nSPS) is 10.4. The smallest absolute Gasteiger partial charge is 0.145 e. The second-order valence-electron chi connectivity index (χ2n) is 3.29. The second kappa shape index (κ2) is 4.87. The molecule has 0 aliphatic carbocycles. The maximum Gasteiger partial charge on any atom is 0.145 e. The van der Waals surface area contributed by atoms with Gasteiger partial charge in [0.1, 0.15) is 17.5 Å². The van der Waals surface area contributed by atoms with Crippen molar-refractivity contribution in [2.75, 3.05) is 5.73 Å². The molecule has 0 aliphatic heterocycles. The lowest BCUT2D eigenvalue weighted by atomic mass is 10.3. The van der Waals surface area contributed by atoms with Gasteiger partial charge in [-0.2, -0.15) is 10.4 Å². The van der Waals surface area contributed by atoms with E-state index < -0.39 is 0 Å². The van der Waals surface area contributed by atoms with Crippen LogP contribution in [0, 0.1) is 11.3 Å². The minimum atomic E-state index is 0.106. The van der Waals surface area contributed by atoms with Crippen LogP contribution >= 0.6 is 46.4 Å². The minimum Gasteiger partial charge on any atom is -0.382 e. The van der Waals surface area contributed by atoms with Crippen molar-refractivity contribution >= 4 is 52.2 Å². The molecule has 0 saturated heterocycles. The predicted molar refractivity (Wildman–Crippen MR) is 72.7 cm³/mol. The van der Waals surface area contributed by atoms with Crippen LogP contribution in [0.5, 0.6) is 0 Å². The minimum absolute atomic E-state index is 0.106. The molecule has 1 aromatic carbocycles. The molecule has 0 amide bonds. The van der Waals surface area contributed by atoms with Crippen LogP contribution in [0.25, 0.3) is 5.69 Å². The number of nitrogen functional groups attached to an aromatic ring is 1. The number of hydrogen-bond acceptors (Lipinski definition) is 3. The molecule has 18 heavy (non-hydrogen) atoms. The van der Waals surface area contributed by atoms with Crippen molar-refractivity contribution in [2.24, 2.45) is 0 Å². The van der Waals surface area contributed by atoms with Crippen molar-refractivity contribution in [3.05, 3.63) is 37.9 Å². The topological polar surface area (TPSA) is 67.6 Å². The standard InChI is InChI=1S/C10H4Cl4N4/c11-5-1-6(8(13)9(14)7(5)12)18-10(16)4(2-15)3-17-18/h1,3H,16H2. The third-order valence-electron chi connectivity index (χ3n) is 2.24. The summed E-state index contributed by atoms with van der Waals surface area (Å²) in [7, 11) is 0. The van der Waals surface area contributed by atoms with Gasteiger partial charge in [-0.05, 0) is 6.07 Å². The van der Waals surface area contributed by atoms with Crippen molar-refractivity contribution in [1.82, 2.24) is 9.78 Å². The van der Waals surface area contributed by atoms with Crippen LogP contribution in [-0.2, 0) is 0 Å². The highest BCUT2D eigenvalue weighted by molar-refractivity contribution is 6.52. The van der Waals surface area contributed by atoms with E-state index in [1.54, 1.807) is 0 Å². The van der Waals surface area contributed by atoms with E-state index in [2.05, 4.69) is 5.10 Å². The van der Waals surface area contributed by atoms with E-state index in [0.29, 0.717) is 5.69 Å². The number of nitriles is 1. The van der Waals surface area contributed by atoms with Gasteiger partial charge in [0.25, 0.3) is 0 Å². The summed E-state index contributed by atoms with van der Waals surface area (Å²) < 4.78 is 1.27. The van der Waals surface area contributed by atoms with Gasteiger partial charge in [-0.25, -0.2) is 4.68 Å². The van der Waals surface area contributed by atoms with E-state index in [9.17, 15) is 0 Å². The molecule has 92 valence electrons. The summed E-state index contributed by atoms with van der Waals surface area (Å²) in [4.78, 5) is 0. The number of benzene rings is 1. The number of halogens is 4. The fourth-order valence-electron chi connectivity index (χ4n) is 1.35. The predicted octanol–water partition coefficient (Wildman–Crippen LogP) is 3.94. The molecule has 2 N–H and O–H groups in total. The van der Waals surface area contributed by atoms with E-state index in [-0.39, 0.29) is 31.5 Å². The lowest BCUT2D eigenvalue weighted by molar-refractivity contribution is 0.891. The van der Waals surface area contributed by atoms with Crippen LogP contribution in [0.3, 0.4) is 0 Å². The molecule has 1 aromatic heterocycles. The molecular formula is C10H4Cl4N4. The van der Waals surface area contributed by atoms with Crippen LogP contribution in [0.15, 0.2) is 12.3 Å². The van der Waals surface area contributed by atoms with Gasteiger partial charge in [0.05, 0.1) is 32.0 Å². The van der Waals surface area contributed by atoms with Crippen molar-refractivity contribution in [3.63, 3.8) is 0 Å². The number of hydrogen-bond donors (Lipinski definition) is 1. The number of nitrogens with zero attached hydrogens (tertiary/aromatic N) is 3. The van der Waals surface area contributed by atoms with Gasteiger partial charge in [-0.3, -0.25) is 0 Å². The van der Waals surface area contributed by atoms with Crippen LogP contribution in [0.2, 0.25) is 20.1 Å². The number of nitrogens with two attached hydrogens (primary N) is 1. The molecule has 0 unspecified atom stereocenters. The number of anilines is 1. The fourth-order valence-corrected chi connectivity index (χ4v) is 2.22. The summed E-state index contributed by atoms with van der Waals surface area (Å²) in [5.41, 5.74) is 6.34. The third kappa shape index (κ3) is 2.00. The SMILES string of the molecule is N#Cc1cnn(-c2cc(Cl)c(Cl)c(Cl)c2Cl)c1N. The van der Waals surface area contributed by atoms with E-state index in [0.717, 1.165) is 0 Å². The molecular weight excluding hydrogens is 318 g/mol. The monoisotopic (exact) mass is 320 g/mol. The average molecular weight is 322 g/mol. The van der Waals surface area contributed by atoms with Gasteiger partial charge in [-0.1, -0.05) is 46.4 Å². The molecule has 2 rings (SSSR count). The molecule has 0 bridgehead atoms. The van der Waals surface area contributed by atoms with Gasteiger partial charge in [0, 0.05) is 0 Å². The van der Waals surface area contributed by atoms with E-state index in [1.165, 1.54) is 16.9 Å². The zero-order valence-corrected chi connectivity index (χ0v) is 11.6. The molecule has 0 radical (unpaired) electrons. The Hall–Kier alpha value is -1.12. The molecule has 0 saturated carbocycles. The maximum absolute atomic E-state index is 8.81. The molecule has 0 atom stereocenters.